The van der Waals surface area contributed by atoms with Crippen LogP contribution in [0.1, 0.15) is 20.8 Å². The average molecular weight is 130 g/mol. The molecule has 0 aromatic rings. The van der Waals surface area contributed by atoms with Crippen LogP contribution in [0.4, 0.5) is 0 Å². The molecule has 1 nitrogen and oxygen atoms in total. The Morgan fingerprint density at radius 1 is 1.62 bits per heavy atom. The van der Waals surface area contributed by atoms with Gasteiger partial charge in [0.1, 0.15) is 5.49 Å². The van der Waals surface area contributed by atoms with Crippen LogP contribution in [-0.2, 0) is 0 Å². The van der Waals surface area contributed by atoms with Gasteiger partial charge in [0, 0.05) is 12.6 Å². The van der Waals surface area contributed by atoms with E-state index in [0.717, 1.165) is 6.54 Å². The van der Waals surface area contributed by atoms with Crippen molar-refractivity contribution in [2.75, 3.05) is 6.54 Å². The van der Waals surface area contributed by atoms with Crippen molar-refractivity contribution in [1.29, 1.82) is 0 Å². The second kappa shape index (κ2) is 3.84. The van der Waals surface area contributed by atoms with Crippen LogP contribution in [0.25, 0.3) is 0 Å². The second-order valence-corrected chi connectivity index (χ2v) is 2.15. The number of thiocarbonyl (C=S) groups is 1. The van der Waals surface area contributed by atoms with E-state index in [1.807, 2.05) is 4.90 Å². The first-order chi connectivity index (χ1) is 3.72. The standard InChI is InChI=1S/C6H12NS/c1-4-7(5-8)6(2)3/h6H,4H2,1-3H3. The fourth-order valence-corrected chi connectivity index (χ4v) is 0.875. The quantitative estimate of drug-likeness (QED) is 0.421. The highest BCUT2D eigenvalue weighted by atomic mass is 32.1. The van der Waals surface area contributed by atoms with Gasteiger partial charge in [0.05, 0.1) is 0 Å². The van der Waals surface area contributed by atoms with E-state index in [4.69, 9.17) is 0 Å². The molecule has 0 saturated heterocycles. The predicted molar refractivity (Wildman–Crippen MR) is 40.1 cm³/mol. The molecule has 0 aliphatic carbocycles. The zero-order valence-corrected chi connectivity index (χ0v) is 6.46. The number of hydrogen-bond acceptors (Lipinski definition) is 1. The van der Waals surface area contributed by atoms with Gasteiger partial charge in [0.25, 0.3) is 0 Å². The highest BCUT2D eigenvalue weighted by Crippen LogP contribution is 1.91. The molecule has 0 heterocycles. The van der Waals surface area contributed by atoms with E-state index in [2.05, 4.69) is 38.5 Å². The van der Waals surface area contributed by atoms with Gasteiger partial charge in [-0.05, 0) is 20.8 Å². The summed E-state index contributed by atoms with van der Waals surface area (Å²) >= 11 is 4.62. The van der Waals surface area contributed by atoms with E-state index in [-0.39, 0.29) is 0 Å². The average Bonchev–Trinajstić information content (AvgIpc) is 1.69. The molecule has 0 saturated carbocycles. The molecule has 0 fully saturated rings. The topological polar surface area (TPSA) is 3.24 Å². The smallest absolute Gasteiger partial charge is 0.137 e. The Labute approximate surface area is 56.7 Å². The van der Waals surface area contributed by atoms with Gasteiger partial charge in [-0.2, -0.15) is 0 Å². The lowest BCUT2D eigenvalue weighted by molar-refractivity contribution is 0.383. The fourth-order valence-electron chi connectivity index (χ4n) is 0.535. The van der Waals surface area contributed by atoms with Crippen LogP contribution < -0.4 is 0 Å². The van der Waals surface area contributed by atoms with Gasteiger partial charge in [-0.25, -0.2) is 0 Å². The molecular formula is C6H12NS. The lowest BCUT2D eigenvalue weighted by Crippen LogP contribution is -2.27. The zero-order valence-electron chi connectivity index (χ0n) is 5.64. The molecule has 0 unspecified atom stereocenters. The lowest BCUT2D eigenvalue weighted by atomic mass is 10.3. The Bertz CT molecular complexity index is 70.9. The first kappa shape index (κ1) is 7.89. The van der Waals surface area contributed by atoms with Crippen LogP contribution >= 0.6 is 12.2 Å². The number of nitrogens with zero attached hydrogens (tertiary/aromatic N) is 1. The van der Waals surface area contributed by atoms with E-state index < -0.39 is 0 Å². The van der Waals surface area contributed by atoms with Crippen LogP contribution in [0.5, 0.6) is 0 Å². The molecule has 8 heavy (non-hydrogen) atoms. The largest absolute Gasteiger partial charge is 0.358 e. The van der Waals surface area contributed by atoms with Crippen molar-refractivity contribution in [3.63, 3.8) is 0 Å². The molecule has 0 aromatic heterocycles. The Morgan fingerprint density at radius 3 is 2.12 bits per heavy atom. The van der Waals surface area contributed by atoms with Gasteiger partial charge in [-0.1, -0.05) is 12.2 Å². The van der Waals surface area contributed by atoms with Crippen molar-refractivity contribution >= 4 is 17.7 Å². The summed E-state index contributed by atoms with van der Waals surface area (Å²) < 4.78 is 0. The van der Waals surface area contributed by atoms with Gasteiger partial charge in [-0.3, -0.25) is 0 Å². The molecule has 0 spiro atoms. The molecule has 47 valence electrons. The van der Waals surface area contributed by atoms with E-state index in [1.165, 1.54) is 0 Å². The normalized spacial score (nSPS) is 9.50. The van der Waals surface area contributed by atoms with Crippen molar-refractivity contribution in [1.82, 2.24) is 4.90 Å². The van der Waals surface area contributed by atoms with Crippen LogP contribution in [0.15, 0.2) is 0 Å². The fraction of sp³-hybridized carbons (Fsp3) is 0.833. The highest BCUT2D eigenvalue weighted by molar-refractivity contribution is 7.78. The third kappa shape index (κ3) is 2.26. The second-order valence-electron chi connectivity index (χ2n) is 1.97. The Balaban J connectivity index is 3.51. The van der Waals surface area contributed by atoms with Crippen LogP contribution in [0, 0.1) is 0 Å². The Kier molecular flexibility index (Phi) is 3.79. The number of hydrogen-bond donors (Lipinski definition) is 0. The minimum atomic E-state index is 0.498. The Hall–Kier alpha value is -0.110. The van der Waals surface area contributed by atoms with E-state index in [0.29, 0.717) is 6.04 Å². The van der Waals surface area contributed by atoms with Crippen LogP contribution in [0.3, 0.4) is 0 Å². The van der Waals surface area contributed by atoms with Crippen molar-refractivity contribution in [2.24, 2.45) is 0 Å². The monoisotopic (exact) mass is 130 g/mol. The van der Waals surface area contributed by atoms with Crippen molar-refractivity contribution < 1.29 is 0 Å². The highest BCUT2D eigenvalue weighted by Gasteiger charge is 1.98. The maximum Gasteiger partial charge on any atom is 0.137 e. The first-order valence-electron chi connectivity index (χ1n) is 2.86. The molecular weight excluding hydrogens is 118 g/mol. The molecule has 0 atom stereocenters. The third-order valence-electron chi connectivity index (χ3n) is 1.08. The van der Waals surface area contributed by atoms with Crippen LogP contribution in [-0.4, -0.2) is 23.0 Å². The molecule has 0 aliphatic heterocycles. The van der Waals surface area contributed by atoms with Gasteiger partial charge in [0.15, 0.2) is 0 Å². The molecule has 0 amide bonds. The molecule has 1 radical (unpaired) electrons. The van der Waals surface area contributed by atoms with Crippen molar-refractivity contribution in [3.05, 3.63) is 0 Å². The molecule has 2 heteroatoms. The molecule has 0 aromatic carbocycles. The van der Waals surface area contributed by atoms with Crippen LogP contribution in [0.2, 0.25) is 0 Å². The molecule has 0 rings (SSSR count). The summed E-state index contributed by atoms with van der Waals surface area (Å²) in [5.41, 5.74) is 2.67. The summed E-state index contributed by atoms with van der Waals surface area (Å²) in [5.74, 6) is 0. The van der Waals surface area contributed by atoms with Gasteiger partial charge in [0.2, 0.25) is 0 Å². The van der Waals surface area contributed by atoms with Crippen molar-refractivity contribution in [3.8, 4) is 0 Å². The minimum absolute atomic E-state index is 0.498. The molecule has 0 N–H and O–H groups in total. The maximum atomic E-state index is 4.62. The Morgan fingerprint density at radius 2 is 2.12 bits per heavy atom. The number of rotatable bonds is 3. The maximum absolute atomic E-state index is 4.62. The summed E-state index contributed by atoms with van der Waals surface area (Å²) in [6, 6.07) is 0.498. The van der Waals surface area contributed by atoms with Gasteiger partial charge in [-0.15, -0.1) is 0 Å². The predicted octanol–water partition coefficient (Wildman–Crippen LogP) is 1.55. The molecule has 0 bridgehead atoms. The van der Waals surface area contributed by atoms with Crippen molar-refractivity contribution in [2.45, 2.75) is 26.8 Å². The zero-order chi connectivity index (χ0) is 6.57. The van der Waals surface area contributed by atoms with Gasteiger partial charge < -0.3 is 4.90 Å². The summed E-state index contributed by atoms with van der Waals surface area (Å²) in [6.07, 6.45) is 0. The van der Waals surface area contributed by atoms with E-state index in [9.17, 15) is 0 Å². The summed E-state index contributed by atoms with van der Waals surface area (Å²) in [7, 11) is 0. The summed E-state index contributed by atoms with van der Waals surface area (Å²) in [4.78, 5) is 1.98. The SMILES string of the molecule is CCN([C]=S)C(C)C. The van der Waals surface area contributed by atoms with Gasteiger partial charge >= 0.3 is 0 Å². The summed E-state index contributed by atoms with van der Waals surface area (Å²) in [6.45, 7) is 7.23. The summed E-state index contributed by atoms with van der Waals surface area (Å²) in [5, 5.41) is 0. The minimum Gasteiger partial charge on any atom is -0.358 e. The first-order valence-corrected chi connectivity index (χ1v) is 3.27. The third-order valence-corrected chi connectivity index (χ3v) is 1.32. The van der Waals surface area contributed by atoms with E-state index in [1.54, 1.807) is 0 Å². The van der Waals surface area contributed by atoms with E-state index >= 15 is 0 Å². The lowest BCUT2D eigenvalue weighted by Gasteiger charge is -2.19. The molecule has 0 aliphatic rings.